The third-order valence-corrected chi connectivity index (χ3v) is 4.99. The van der Waals surface area contributed by atoms with Crippen LogP contribution in [0.15, 0.2) is 16.6 Å². The van der Waals surface area contributed by atoms with Crippen molar-refractivity contribution in [2.45, 2.75) is 64.3 Å². The van der Waals surface area contributed by atoms with Crippen LogP contribution in [-0.4, -0.2) is 29.3 Å². The van der Waals surface area contributed by atoms with Gasteiger partial charge in [0, 0.05) is 30.9 Å². The molecule has 2 saturated carbocycles. The number of allylic oxidation sites excluding steroid dienone is 2. The molecule has 5 nitrogen and oxygen atoms in total. The molecule has 130 valence electrons. The molecule has 2 aliphatic rings. The Morgan fingerprint density at radius 3 is 2.67 bits per heavy atom. The maximum atomic E-state index is 5.98. The molecule has 3 rings (SSSR count). The highest BCUT2D eigenvalue weighted by Gasteiger charge is 2.23. The quantitative estimate of drug-likeness (QED) is 0.772. The molecule has 0 aliphatic heterocycles. The number of aromatic nitrogens is 2. The van der Waals surface area contributed by atoms with Crippen LogP contribution < -0.4 is 11.1 Å². The van der Waals surface area contributed by atoms with E-state index in [4.69, 9.17) is 5.73 Å². The van der Waals surface area contributed by atoms with Crippen LogP contribution in [0.2, 0.25) is 0 Å². The fourth-order valence-corrected chi connectivity index (χ4v) is 3.52. The molecule has 0 spiro atoms. The van der Waals surface area contributed by atoms with E-state index in [0.29, 0.717) is 12.0 Å². The largest absolute Gasteiger partial charge is 0.368 e. The molecule has 0 amide bonds. The first kappa shape index (κ1) is 16.9. The predicted octanol–water partition coefficient (Wildman–Crippen LogP) is 4.08. The normalized spacial score (nSPS) is 20.2. The lowest BCUT2D eigenvalue weighted by Crippen LogP contribution is -2.23. The van der Waals surface area contributed by atoms with Gasteiger partial charge in [-0.15, -0.1) is 0 Å². The van der Waals surface area contributed by atoms with Crippen molar-refractivity contribution in [2.75, 3.05) is 18.1 Å². The molecule has 1 aromatic rings. The number of nitrogens with two attached hydrogens (primary N) is 1. The van der Waals surface area contributed by atoms with Crippen LogP contribution in [0.1, 0.15) is 64.0 Å². The standard InChI is InChI=1S/C19H29N5/c1-13(10-14-8-9-14)16(12-21-2)17-11-18(24-19(20)23-17)22-15-6-4-3-5-7-15/h11-12,14-15H,3-10H2,1-2H3,(H3,20,22,23,24)/b16-13-,21-12-. The molecule has 0 saturated heterocycles. The summed E-state index contributed by atoms with van der Waals surface area (Å²) in [5, 5.41) is 3.55. The molecule has 5 heteroatoms. The van der Waals surface area contributed by atoms with E-state index in [9.17, 15) is 0 Å². The summed E-state index contributed by atoms with van der Waals surface area (Å²) in [6, 6.07) is 2.53. The first-order valence-corrected chi connectivity index (χ1v) is 9.19. The van der Waals surface area contributed by atoms with E-state index in [-0.39, 0.29) is 0 Å². The molecular formula is C19H29N5. The highest BCUT2D eigenvalue weighted by atomic mass is 15.1. The van der Waals surface area contributed by atoms with Gasteiger partial charge >= 0.3 is 0 Å². The van der Waals surface area contributed by atoms with E-state index in [1.165, 1.54) is 50.5 Å². The minimum atomic E-state index is 0.326. The van der Waals surface area contributed by atoms with Crippen molar-refractivity contribution in [2.24, 2.45) is 10.9 Å². The maximum absolute atomic E-state index is 5.98. The molecule has 0 bridgehead atoms. The minimum Gasteiger partial charge on any atom is -0.368 e. The van der Waals surface area contributed by atoms with Gasteiger partial charge in [0.1, 0.15) is 5.82 Å². The summed E-state index contributed by atoms with van der Waals surface area (Å²) < 4.78 is 0. The Morgan fingerprint density at radius 2 is 2.00 bits per heavy atom. The SMILES string of the molecule is C/N=C\C(=C(/C)CC1CC1)c1cc(NC2CCCCC2)nc(N)n1. The van der Waals surface area contributed by atoms with Gasteiger partial charge in [0.15, 0.2) is 0 Å². The Morgan fingerprint density at radius 1 is 1.25 bits per heavy atom. The van der Waals surface area contributed by atoms with Crippen LogP contribution in [0.3, 0.4) is 0 Å². The first-order chi connectivity index (χ1) is 11.7. The van der Waals surface area contributed by atoms with Gasteiger partial charge in [0.25, 0.3) is 0 Å². The van der Waals surface area contributed by atoms with Gasteiger partial charge in [-0.2, -0.15) is 4.98 Å². The second kappa shape index (κ2) is 7.77. The van der Waals surface area contributed by atoms with E-state index in [2.05, 4.69) is 27.2 Å². The molecule has 1 aromatic heterocycles. The third kappa shape index (κ3) is 4.56. The highest BCUT2D eigenvalue weighted by Crippen LogP contribution is 2.37. The molecule has 2 fully saturated rings. The lowest BCUT2D eigenvalue weighted by Gasteiger charge is -2.23. The zero-order chi connectivity index (χ0) is 16.9. The number of rotatable bonds is 6. The molecule has 3 N–H and O–H groups in total. The number of hydrogen-bond acceptors (Lipinski definition) is 5. The molecule has 0 atom stereocenters. The third-order valence-electron chi connectivity index (χ3n) is 4.99. The molecule has 1 heterocycles. The molecular weight excluding hydrogens is 298 g/mol. The van der Waals surface area contributed by atoms with Crippen LogP contribution in [-0.2, 0) is 0 Å². The number of nitrogens with one attached hydrogen (secondary N) is 1. The minimum absolute atomic E-state index is 0.326. The lowest BCUT2D eigenvalue weighted by molar-refractivity contribution is 0.462. The summed E-state index contributed by atoms with van der Waals surface area (Å²) in [4.78, 5) is 13.1. The molecule has 0 unspecified atom stereocenters. The Bertz CT molecular complexity index is 625. The van der Waals surface area contributed by atoms with Gasteiger partial charge in [-0.05, 0) is 44.9 Å². The van der Waals surface area contributed by atoms with Crippen LogP contribution in [0.25, 0.3) is 5.57 Å². The summed E-state index contributed by atoms with van der Waals surface area (Å²) >= 11 is 0. The van der Waals surface area contributed by atoms with Crippen LogP contribution in [0.5, 0.6) is 0 Å². The summed E-state index contributed by atoms with van der Waals surface area (Å²) in [5.74, 6) is 2.00. The molecule has 0 aromatic carbocycles. The summed E-state index contributed by atoms with van der Waals surface area (Å²) in [6.45, 7) is 2.18. The zero-order valence-electron chi connectivity index (χ0n) is 14.9. The van der Waals surface area contributed by atoms with Crippen molar-refractivity contribution in [3.8, 4) is 0 Å². The van der Waals surface area contributed by atoms with Crippen LogP contribution >= 0.6 is 0 Å². The van der Waals surface area contributed by atoms with Gasteiger partial charge in [-0.25, -0.2) is 4.98 Å². The van der Waals surface area contributed by atoms with Crippen molar-refractivity contribution in [3.63, 3.8) is 0 Å². The van der Waals surface area contributed by atoms with E-state index in [0.717, 1.165) is 29.4 Å². The van der Waals surface area contributed by atoms with Crippen LogP contribution in [0.4, 0.5) is 11.8 Å². The zero-order valence-corrected chi connectivity index (χ0v) is 14.9. The number of nitrogen functional groups attached to an aromatic ring is 1. The van der Waals surface area contributed by atoms with Gasteiger partial charge < -0.3 is 11.1 Å². The smallest absolute Gasteiger partial charge is 0.222 e. The van der Waals surface area contributed by atoms with E-state index < -0.39 is 0 Å². The topological polar surface area (TPSA) is 76.2 Å². The average Bonchev–Trinajstić information content (AvgIpc) is 3.36. The number of hydrogen-bond donors (Lipinski definition) is 2. The fourth-order valence-electron chi connectivity index (χ4n) is 3.52. The van der Waals surface area contributed by atoms with Gasteiger partial charge in [0.2, 0.25) is 5.95 Å². The van der Waals surface area contributed by atoms with Gasteiger partial charge in [-0.3, -0.25) is 4.99 Å². The highest BCUT2D eigenvalue weighted by molar-refractivity contribution is 6.10. The van der Waals surface area contributed by atoms with E-state index in [1.807, 2.05) is 12.3 Å². The number of aliphatic imine (C=N–C) groups is 1. The first-order valence-electron chi connectivity index (χ1n) is 9.19. The Labute approximate surface area is 144 Å². The lowest BCUT2D eigenvalue weighted by atomic mass is 9.95. The second-order valence-electron chi connectivity index (χ2n) is 7.20. The van der Waals surface area contributed by atoms with Crippen LogP contribution in [0, 0.1) is 5.92 Å². The Kier molecular flexibility index (Phi) is 5.48. The molecule has 0 radical (unpaired) electrons. The average molecular weight is 327 g/mol. The van der Waals surface area contributed by atoms with E-state index in [1.54, 1.807) is 7.05 Å². The molecule has 2 aliphatic carbocycles. The second-order valence-corrected chi connectivity index (χ2v) is 7.20. The number of nitrogens with zero attached hydrogens (tertiary/aromatic N) is 3. The summed E-state index contributed by atoms with van der Waals surface area (Å²) in [6.07, 6.45) is 12.1. The van der Waals surface area contributed by atoms with Crippen molar-refractivity contribution in [3.05, 3.63) is 17.3 Å². The summed E-state index contributed by atoms with van der Waals surface area (Å²) in [5.41, 5.74) is 9.29. The van der Waals surface area contributed by atoms with Crippen molar-refractivity contribution in [1.29, 1.82) is 0 Å². The number of anilines is 2. The monoisotopic (exact) mass is 327 g/mol. The maximum Gasteiger partial charge on any atom is 0.222 e. The van der Waals surface area contributed by atoms with E-state index >= 15 is 0 Å². The van der Waals surface area contributed by atoms with Crippen molar-refractivity contribution < 1.29 is 0 Å². The molecule has 24 heavy (non-hydrogen) atoms. The fraction of sp³-hybridized carbons (Fsp3) is 0.632. The van der Waals surface area contributed by atoms with Crippen molar-refractivity contribution in [1.82, 2.24) is 9.97 Å². The van der Waals surface area contributed by atoms with Gasteiger partial charge in [0.05, 0.1) is 5.69 Å². The van der Waals surface area contributed by atoms with Crippen molar-refractivity contribution >= 4 is 23.6 Å². The Hall–Kier alpha value is -1.91. The van der Waals surface area contributed by atoms with Gasteiger partial charge in [-0.1, -0.05) is 24.8 Å². The Balaban J connectivity index is 1.84. The summed E-state index contributed by atoms with van der Waals surface area (Å²) in [7, 11) is 1.80. The predicted molar refractivity (Wildman–Crippen MR) is 101 cm³/mol.